The molecule has 0 heterocycles. The Balaban J connectivity index is 3.54. The maximum absolute atomic E-state index is 10.3. The first-order valence-electron chi connectivity index (χ1n) is 7.92. The molecule has 0 aliphatic rings. The van der Waals surface area contributed by atoms with Gasteiger partial charge in [-0.15, -0.1) is 0 Å². The molecule has 0 unspecified atom stereocenters. The van der Waals surface area contributed by atoms with E-state index in [-0.39, 0.29) is 17.2 Å². The van der Waals surface area contributed by atoms with Crippen LogP contribution in [0.3, 0.4) is 0 Å². The van der Waals surface area contributed by atoms with E-state index in [1.807, 2.05) is 0 Å². The van der Waals surface area contributed by atoms with Gasteiger partial charge in [-0.2, -0.15) is 0 Å². The molecule has 1 aromatic carbocycles. The van der Waals surface area contributed by atoms with E-state index in [1.54, 1.807) is 0 Å². The predicted octanol–water partition coefficient (Wildman–Crippen LogP) is 4.40. The number of phenolic OH excluding ortho intramolecular Hbond substituents is 3. The molecule has 21 heavy (non-hydrogen) atoms. The molecule has 0 spiro atoms. The van der Waals surface area contributed by atoms with Crippen LogP contribution in [0.15, 0.2) is 0 Å². The number of phenols is 3. The second-order valence-electron chi connectivity index (χ2n) is 7.28. The Labute approximate surface area is 128 Å². The van der Waals surface area contributed by atoms with Crippen molar-refractivity contribution in [3.8, 4) is 17.2 Å². The number of hydrogen-bond acceptors (Lipinski definition) is 3. The molecule has 0 saturated heterocycles. The zero-order chi connectivity index (χ0) is 16.3. The summed E-state index contributed by atoms with van der Waals surface area (Å²) >= 11 is 0. The lowest BCUT2D eigenvalue weighted by atomic mass is 9.85. The fourth-order valence-corrected chi connectivity index (χ4v) is 2.78. The molecule has 0 saturated carbocycles. The van der Waals surface area contributed by atoms with Gasteiger partial charge in [0.25, 0.3) is 0 Å². The van der Waals surface area contributed by atoms with Crippen LogP contribution in [0.25, 0.3) is 0 Å². The summed E-state index contributed by atoms with van der Waals surface area (Å²) in [6.45, 7) is 12.6. The highest BCUT2D eigenvalue weighted by Crippen LogP contribution is 2.45. The second kappa shape index (κ2) is 7.06. The van der Waals surface area contributed by atoms with Crippen molar-refractivity contribution in [3.05, 3.63) is 16.7 Å². The summed E-state index contributed by atoms with van der Waals surface area (Å²) in [6.07, 6.45) is 2.20. The maximum Gasteiger partial charge on any atom is 0.200 e. The van der Waals surface area contributed by atoms with Crippen molar-refractivity contribution in [1.29, 1.82) is 0 Å². The normalized spacial score (nSPS) is 11.9. The molecule has 0 radical (unpaired) electrons. The molecule has 0 bridgehead atoms. The average molecular weight is 294 g/mol. The first kappa shape index (κ1) is 17.7. The van der Waals surface area contributed by atoms with Gasteiger partial charge in [-0.3, -0.25) is 0 Å². The lowest BCUT2D eigenvalue weighted by Crippen LogP contribution is -2.09. The summed E-state index contributed by atoms with van der Waals surface area (Å²) in [5.41, 5.74) is 2.61. The molecule has 0 aromatic heterocycles. The number of rotatable bonds is 6. The maximum atomic E-state index is 10.3. The van der Waals surface area contributed by atoms with Gasteiger partial charge in [-0.05, 0) is 42.6 Å². The molecule has 3 nitrogen and oxygen atoms in total. The first-order chi connectivity index (χ1) is 9.65. The van der Waals surface area contributed by atoms with E-state index >= 15 is 0 Å². The zero-order valence-corrected chi connectivity index (χ0v) is 14.2. The van der Waals surface area contributed by atoms with Crippen LogP contribution in [0.4, 0.5) is 0 Å². The van der Waals surface area contributed by atoms with Gasteiger partial charge >= 0.3 is 0 Å². The highest BCUT2D eigenvalue weighted by Gasteiger charge is 2.24. The van der Waals surface area contributed by atoms with Crippen LogP contribution < -0.4 is 0 Å². The van der Waals surface area contributed by atoms with Gasteiger partial charge in [-0.1, -0.05) is 41.5 Å². The number of aromatic hydroxyl groups is 3. The smallest absolute Gasteiger partial charge is 0.200 e. The standard InChI is InChI=1S/C18H30O3/c1-10(2)7-13-14(8-11(3)4)16(19)18(21)17(20)15(13)9-12(5)6/h10-12,19-21H,7-9H2,1-6H3. The van der Waals surface area contributed by atoms with Crippen LogP contribution in [0.1, 0.15) is 58.2 Å². The Morgan fingerprint density at radius 2 is 0.810 bits per heavy atom. The fourth-order valence-electron chi connectivity index (χ4n) is 2.78. The van der Waals surface area contributed by atoms with Crippen LogP contribution in [0.5, 0.6) is 17.2 Å². The zero-order valence-electron chi connectivity index (χ0n) is 14.2. The van der Waals surface area contributed by atoms with E-state index in [1.165, 1.54) is 0 Å². The molecule has 3 N–H and O–H groups in total. The molecule has 0 amide bonds. The molecule has 1 rings (SSSR count). The quantitative estimate of drug-likeness (QED) is 0.681. The monoisotopic (exact) mass is 294 g/mol. The minimum Gasteiger partial charge on any atom is -0.504 e. The summed E-state index contributed by atoms with van der Waals surface area (Å²) in [4.78, 5) is 0. The third-order valence-electron chi connectivity index (χ3n) is 3.59. The number of benzene rings is 1. The largest absolute Gasteiger partial charge is 0.504 e. The molecular weight excluding hydrogens is 264 g/mol. The molecule has 0 aliphatic heterocycles. The Kier molecular flexibility index (Phi) is 5.94. The van der Waals surface area contributed by atoms with Crippen molar-refractivity contribution in [1.82, 2.24) is 0 Å². The Bertz CT molecular complexity index is 451. The van der Waals surface area contributed by atoms with E-state index in [0.29, 0.717) is 30.6 Å². The minimum absolute atomic E-state index is 0.149. The Morgan fingerprint density at radius 1 is 0.524 bits per heavy atom. The van der Waals surface area contributed by atoms with Gasteiger partial charge in [0.2, 0.25) is 5.75 Å². The van der Waals surface area contributed by atoms with Gasteiger partial charge < -0.3 is 15.3 Å². The molecule has 0 aliphatic carbocycles. The van der Waals surface area contributed by atoms with Gasteiger partial charge in [0, 0.05) is 11.1 Å². The van der Waals surface area contributed by atoms with E-state index in [0.717, 1.165) is 23.1 Å². The SMILES string of the molecule is CC(C)Cc1c(O)c(O)c(O)c(CC(C)C)c1CC(C)C. The highest BCUT2D eigenvalue weighted by atomic mass is 16.3. The summed E-state index contributed by atoms with van der Waals surface area (Å²) < 4.78 is 0. The third-order valence-corrected chi connectivity index (χ3v) is 3.59. The van der Waals surface area contributed by atoms with Gasteiger partial charge in [0.15, 0.2) is 11.5 Å². The summed E-state index contributed by atoms with van der Waals surface area (Å²) in [6, 6.07) is 0. The van der Waals surface area contributed by atoms with Crippen molar-refractivity contribution in [2.45, 2.75) is 60.8 Å². The van der Waals surface area contributed by atoms with Crippen LogP contribution in [-0.2, 0) is 19.3 Å². The van der Waals surface area contributed by atoms with E-state index in [9.17, 15) is 15.3 Å². The molecular formula is C18H30O3. The molecule has 0 fully saturated rings. The van der Waals surface area contributed by atoms with Crippen molar-refractivity contribution < 1.29 is 15.3 Å². The molecule has 120 valence electrons. The fraction of sp³-hybridized carbons (Fsp3) is 0.667. The van der Waals surface area contributed by atoms with Crippen molar-refractivity contribution in [3.63, 3.8) is 0 Å². The van der Waals surface area contributed by atoms with Gasteiger partial charge in [0.05, 0.1) is 0 Å². The van der Waals surface area contributed by atoms with Crippen molar-refractivity contribution in [2.75, 3.05) is 0 Å². The third kappa shape index (κ3) is 4.29. The predicted molar refractivity (Wildman–Crippen MR) is 87.1 cm³/mol. The van der Waals surface area contributed by atoms with E-state index in [4.69, 9.17) is 0 Å². The molecule has 1 aromatic rings. The summed E-state index contributed by atoms with van der Waals surface area (Å²) in [5, 5.41) is 30.6. The van der Waals surface area contributed by atoms with Crippen molar-refractivity contribution in [2.24, 2.45) is 17.8 Å². The number of hydrogen-bond donors (Lipinski definition) is 3. The average Bonchev–Trinajstić information content (AvgIpc) is 2.35. The lowest BCUT2D eigenvalue weighted by molar-refractivity contribution is 0.357. The summed E-state index contributed by atoms with van der Waals surface area (Å²) in [5.74, 6) is 0.503. The van der Waals surface area contributed by atoms with Crippen LogP contribution in [0, 0.1) is 17.8 Å². The first-order valence-corrected chi connectivity index (χ1v) is 7.92. The lowest BCUT2D eigenvalue weighted by Gasteiger charge is -2.22. The molecule has 3 heteroatoms. The van der Waals surface area contributed by atoms with Gasteiger partial charge in [-0.25, -0.2) is 0 Å². The topological polar surface area (TPSA) is 60.7 Å². The van der Waals surface area contributed by atoms with Crippen LogP contribution >= 0.6 is 0 Å². The molecule has 0 atom stereocenters. The summed E-state index contributed by atoms with van der Waals surface area (Å²) in [7, 11) is 0. The van der Waals surface area contributed by atoms with Crippen LogP contribution in [0.2, 0.25) is 0 Å². The Morgan fingerprint density at radius 3 is 1.10 bits per heavy atom. The minimum atomic E-state index is -0.367. The van der Waals surface area contributed by atoms with Crippen molar-refractivity contribution >= 4 is 0 Å². The van der Waals surface area contributed by atoms with Gasteiger partial charge in [0.1, 0.15) is 0 Å². The van der Waals surface area contributed by atoms with Crippen LogP contribution in [-0.4, -0.2) is 15.3 Å². The van der Waals surface area contributed by atoms with E-state index in [2.05, 4.69) is 41.5 Å². The highest BCUT2D eigenvalue weighted by molar-refractivity contribution is 5.62. The Hall–Kier alpha value is -1.38. The van der Waals surface area contributed by atoms with E-state index < -0.39 is 0 Å². The second-order valence-corrected chi connectivity index (χ2v) is 7.28.